The number of carbonyl (C=O) groups is 3. The van der Waals surface area contributed by atoms with E-state index in [2.05, 4.69) is 5.32 Å². The predicted octanol–water partition coefficient (Wildman–Crippen LogP) is 2.78. The Balaban J connectivity index is 1.71. The first-order valence-electron chi connectivity index (χ1n) is 10.8. The quantitative estimate of drug-likeness (QED) is 0.702. The first-order valence-corrected chi connectivity index (χ1v) is 10.8. The van der Waals surface area contributed by atoms with Crippen LogP contribution in [0.1, 0.15) is 45.1 Å². The molecule has 0 aliphatic carbocycles. The summed E-state index contributed by atoms with van der Waals surface area (Å²) in [6.45, 7) is 4.56. The van der Waals surface area contributed by atoms with Crippen LogP contribution in [0.3, 0.4) is 0 Å². The average Bonchev–Trinajstić information content (AvgIpc) is 3.24. The fourth-order valence-corrected chi connectivity index (χ4v) is 4.27. The minimum Gasteiger partial charge on any atom is -0.368 e. The number of nitrogens with one attached hydrogen (secondary N) is 1. The van der Waals surface area contributed by atoms with Crippen LogP contribution in [0.15, 0.2) is 42.5 Å². The molecule has 6 heteroatoms. The summed E-state index contributed by atoms with van der Waals surface area (Å²) in [5.41, 5.74) is 6.52. The van der Waals surface area contributed by atoms with Gasteiger partial charge in [0.15, 0.2) is 0 Å². The Bertz CT molecular complexity index is 923. The Morgan fingerprint density at radius 2 is 1.80 bits per heavy atom. The number of hydrogen-bond donors (Lipinski definition) is 2. The number of primary amides is 1. The molecule has 0 saturated carbocycles. The molecular weight excluding hydrogens is 378 g/mol. The Morgan fingerprint density at radius 1 is 1.10 bits per heavy atom. The Labute approximate surface area is 177 Å². The molecule has 1 saturated heterocycles. The standard InChI is InChI=1S/C24H31N3O3/c1-3-17(4-2)24(30)27-13-7-10-21(27)23(29)26-20(22(25)28)15-16-11-12-18-8-5-6-9-19(18)14-16/h5-6,8-9,11-12,14,17,20-21H,3-4,7,10,13,15H2,1-2H3,(H2,25,28)(H,26,29)/t20?,21-/m0/s1. The van der Waals surface area contributed by atoms with E-state index in [1.165, 1.54) is 0 Å². The van der Waals surface area contributed by atoms with Crippen LogP contribution in [0.2, 0.25) is 0 Å². The molecule has 2 atom stereocenters. The van der Waals surface area contributed by atoms with Crippen molar-refractivity contribution in [3.63, 3.8) is 0 Å². The third-order valence-electron chi connectivity index (χ3n) is 6.09. The summed E-state index contributed by atoms with van der Waals surface area (Å²) in [5.74, 6) is -0.908. The SMILES string of the molecule is CCC(CC)C(=O)N1CCC[C@H]1C(=O)NC(Cc1ccc2ccccc2c1)C(N)=O. The number of likely N-dealkylation sites (tertiary alicyclic amines) is 1. The third-order valence-corrected chi connectivity index (χ3v) is 6.09. The maximum Gasteiger partial charge on any atom is 0.243 e. The average molecular weight is 410 g/mol. The summed E-state index contributed by atoms with van der Waals surface area (Å²) < 4.78 is 0. The summed E-state index contributed by atoms with van der Waals surface area (Å²) in [5, 5.41) is 4.99. The fourth-order valence-electron chi connectivity index (χ4n) is 4.27. The van der Waals surface area contributed by atoms with E-state index in [4.69, 9.17) is 5.73 Å². The normalized spacial score (nSPS) is 17.3. The van der Waals surface area contributed by atoms with Crippen LogP contribution in [-0.4, -0.2) is 41.2 Å². The number of amides is 3. The number of benzene rings is 2. The lowest BCUT2D eigenvalue weighted by molar-refractivity contribution is -0.142. The van der Waals surface area contributed by atoms with Crippen LogP contribution in [0.25, 0.3) is 10.8 Å². The Hall–Kier alpha value is -2.89. The maximum atomic E-state index is 13.0. The van der Waals surface area contributed by atoms with Gasteiger partial charge >= 0.3 is 0 Å². The number of fused-ring (bicyclic) bond motifs is 1. The van der Waals surface area contributed by atoms with E-state index in [-0.39, 0.29) is 17.7 Å². The van der Waals surface area contributed by atoms with Crippen LogP contribution in [0.4, 0.5) is 0 Å². The van der Waals surface area contributed by atoms with Crippen molar-refractivity contribution in [2.24, 2.45) is 11.7 Å². The molecule has 0 radical (unpaired) electrons. The van der Waals surface area contributed by atoms with Crippen molar-refractivity contribution in [3.8, 4) is 0 Å². The van der Waals surface area contributed by atoms with Crippen LogP contribution >= 0.6 is 0 Å². The van der Waals surface area contributed by atoms with Gasteiger partial charge in [-0.1, -0.05) is 56.3 Å². The van der Waals surface area contributed by atoms with E-state index >= 15 is 0 Å². The molecule has 3 rings (SSSR count). The van der Waals surface area contributed by atoms with Crippen LogP contribution < -0.4 is 11.1 Å². The van der Waals surface area contributed by atoms with Gasteiger partial charge in [0.1, 0.15) is 12.1 Å². The van der Waals surface area contributed by atoms with Crippen molar-refractivity contribution in [2.45, 2.75) is 58.0 Å². The molecule has 0 bridgehead atoms. The molecule has 0 spiro atoms. The molecule has 0 aromatic heterocycles. The van der Waals surface area contributed by atoms with Gasteiger partial charge in [-0.3, -0.25) is 14.4 Å². The van der Waals surface area contributed by atoms with E-state index in [1.807, 2.05) is 56.3 Å². The minimum absolute atomic E-state index is 0.0304. The molecule has 1 fully saturated rings. The van der Waals surface area contributed by atoms with Gasteiger partial charge in [-0.15, -0.1) is 0 Å². The Morgan fingerprint density at radius 3 is 2.47 bits per heavy atom. The molecule has 1 heterocycles. The second kappa shape index (κ2) is 9.74. The first-order chi connectivity index (χ1) is 14.4. The number of nitrogens with two attached hydrogens (primary N) is 1. The zero-order chi connectivity index (χ0) is 21.7. The highest BCUT2D eigenvalue weighted by molar-refractivity contribution is 5.92. The van der Waals surface area contributed by atoms with Crippen molar-refractivity contribution >= 4 is 28.5 Å². The van der Waals surface area contributed by atoms with Crippen molar-refractivity contribution < 1.29 is 14.4 Å². The van der Waals surface area contributed by atoms with Crippen LogP contribution in [0.5, 0.6) is 0 Å². The molecule has 3 amide bonds. The molecule has 1 aliphatic heterocycles. The first kappa shape index (κ1) is 21.8. The number of nitrogens with zero attached hydrogens (tertiary/aromatic N) is 1. The summed E-state index contributed by atoms with van der Waals surface area (Å²) in [6, 6.07) is 12.6. The van der Waals surface area contributed by atoms with Crippen LogP contribution in [0, 0.1) is 5.92 Å². The van der Waals surface area contributed by atoms with Crippen molar-refractivity contribution in [1.29, 1.82) is 0 Å². The van der Waals surface area contributed by atoms with E-state index < -0.39 is 18.0 Å². The van der Waals surface area contributed by atoms with Crippen molar-refractivity contribution in [1.82, 2.24) is 10.2 Å². The van der Waals surface area contributed by atoms with E-state index in [9.17, 15) is 14.4 Å². The number of rotatable bonds is 8. The van der Waals surface area contributed by atoms with Gasteiger partial charge in [0, 0.05) is 18.9 Å². The zero-order valence-electron chi connectivity index (χ0n) is 17.8. The Kier molecular flexibility index (Phi) is 7.08. The summed E-state index contributed by atoms with van der Waals surface area (Å²) in [4.78, 5) is 39.5. The van der Waals surface area contributed by atoms with E-state index in [0.717, 1.165) is 35.6 Å². The highest BCUT2D eigenvalue weighted by Gasteiger charge is 2.37. The molecule has 30 heavy (non-hydrogen) atoms. The van der Waals surface area contributed by atoms with E-state index in [0.29, 0.717) is 19.4 Å². The molecule has 2 aromatic carbocycles. The van der Waals surface area contributed by atoms with Crippen LogP contribution in [-0.2, 0) is 20.8 Å². The highest BCUT2D eigenvalue weighted by atomic mass is 16.2. The van der Waals surface area contributed by atoms with Gasteiger partial charge in [-0.05, 0) is 42.0 Å². The molecule has 2 aromatic rings. The van der Waals surface area contributed by atoms with Gasteiger partial charge in [0.25, 0.3) is 0 Å². The van der Waals surface area contributed by atoms with Crippen molar-refractivity contribution in [2.75, 3.05) is 6.54 Å². The molecule has 3 N–H and O–H groups in total. The van der Waals surface area contributed by atoms with Gasteiger partial charge in [0.05, 0.1) is 0 Å². The molecular formula is C24H31N3O3. The van der Waals surface area contributed by atoms with Gasteiger partial charge < -0.3 is 16.0 Å². The second-order valence-electron chi connectivity index (χ2n) is 8.05. The summed E-state index contributed by atoms with van der Waals surface area (Å²) in [6.07, 6.45) is 3.23. The molecule has 1 aliphatic rings. The summed E-state index contributed by atoms with van der Waals surface area (Å²) in [7, 11) is 0. The van der Waals surface area contributed by atoms with Gasteiger partial charge in [-0.2, -0.15) is 0 Å². The topological polar surface area (TPSA) is 92.5 Å². The largest absolute Gasteiger partial charge is 0.368 e. The number of hydrogen-bond acceptors (Lipinski definition) is 3. The zero-order valence-corrected chi connectivity index (χ0v) is 17.8. The molecule has 6 nitrogen and oxygen atoms in total. The third kappa shape index (κ3) is 4.81. The minimum atomic E-state index is -0.815. The van der Waals surface area contributed by atoms with Crippen molar-refractivity contribution in [3.05, 3.63) is 48.0 Å². The predicted molar refractivity (Wildman–Crippen MR) is 118 cm³/mol. The second-order valence-corrected chi connectivity index (χ2v) is 8.05. The van der Waals surface area contributed by atoms with Gasteiger partial charge in [-0.25, -0.2) is 0 Å². The highest BCUT2D eigenvalue weighted by Crippen LogP contribution is 2.23. The lowest BCUT2D eigenvalue weighted by Gasteiger charge is -2.28. The van der Waals surface area contributed by atoms with Gasteiger partial charge in [0.2, 0.25) is 17.7 Å². The number of carbonyl (C=O) groups excluding carboxylic acids is 3. The smallest absolute Gasteiger partial charge is 0.243 e. The molecule has 1 unspecified atom stereocenters. The monoisotopic (exact) mass is 409 g/mol. The lowest BCUT2D eigenvalue weighted by Crippen LogP contribution is -2.53. The lowest BCUT2D eigenvalue weighted by atomic mass is 10.00. The fraction of sp³-hybridized carbons (Fsp3) is 0.458. The van der Waals surface area contributed by atoms with E-state index in [1.54, 1.807) is 4.90 Å². The summed E-state index contributed by atoms with van der Waals surface area (Å²) >= 11 is 0. The maximum absolute atomic E-state index is 13.0. The molecule has 160 valence electrons.